The van der Waals surface area contributed by atoms with Gasteiger partial charge in [0.1, 0.15) is 0 Å². The number of hydrogen-bond donors (Lipinski definition) is 2. The van der Waals surface area contributed by atoms with Gasteiger partial charge in [-0.05, 0) is 65.7 Å². The van der Waals surface area contributed by atoms with E-state index in [1.54, 1.807) is 36.5 Å². The van der Waals surface area contributed by atoms with Gasteiger partial charge in [0, 0.05) is 16.1 Å². The molecule has 0 fully saturated rings. The van der Waals surface area contributed by atoms with Gasteiger partial charge in [0.25, 0.3) is 10.0 Å². The number of thiophene rings is 1. The highest BCUT2D eigenvalue weighted by atomic mass is 32.2. The van der Waals surface area contributed by atoms with Crippen LogP contribution in [-0.2, 0) is 10.0 Å². The fourth-order valence-corrected chi connectivity index (χ4v) is 4.26. The van der Waals surface area contributed by atoms with E-state index in [-0.39, 0.29) is 4.90 Å². The number of anilines is 2. The Bertz CT molecular complexity index is 914. The molecule has 3 rings (SSSR count). The zero-order valence-corrected chi connectivity index (χ0v) is 13.0. The molecule has 0 amide bonds. The number of nitrogen functional groups attached to an aromatic ring is 1. The normalized spacial score (nSPS) is 11.7. The van der Waals surface area contributed by atoms with E-state index in [1.807, 2.05) is 23.6 Å². The third-order valence-electron chi connectivity index (χ3n) is 3.19. The van der Waals surface area contributed by atoms with Gasteiger partial charge in [-0.15, -0.1) is 11.3 Å². The summed E-state index contributed by atoms with van der Waals surface area (Å²) in [6, 6.07) is 12.2. The van der Waals surface area contributed by atoms with E-state index in [9.17, 15) is 8.42 Å². The summed E-state index contributed by atoms with van der Waals surface area (Å²) in [7, 11) is -3.61. The number of rotatable bonds is 3. The Kier molecular flexibility index (Phi) is 3.35. The molecule has 21 heavy (non-hydrogen) atoms. The van der Waals surface area contributed by atoms with Gasteiger partial charge in [-0.3, -0.25) is 4.72 Å². The Balaban J connectivity index is 1.98. The van der Waals surface area contributed by atoms with Crippen LogP contribution in [0, 0.1) is 6.92 Å². The Labute approximate surface area is 127 Å². The Hall–Kier alpha value is -2.05. The van der Waals surface area contributed by atoms with Crippen LogP contribution in [0.5, 0.6) is 0 Å². The number of hydrogen-bond acceptors (Lipinski definition) is 4. The second-order valence-electron chi connectivity index (χ2n) is 4.80. The van der Waals surface area contributed by atoms with Gasteiger partial charge >= 0.3 is 0 Å². The Morgan fingerprint density at radius 2 is 1.90 bits per heavy atom. The van der Waals surface area contributed by atoms with Crippen molar-refractivity contribution in [2.75, 3.05) is 10.5 Å². The number of benzene rings is 2. The zero-order chi connectivity index (χ0) is 15.0. The van der Waals surface area contributed by atoms with Crippen LogP contribution in [0.25, 0.3) is 10.1 Å². The van der Waals surface area contributed by atoms with Crippen molar-refractivity contribution in [3.8, 4) is 0 Å². The topological polar surface area (TPSA) is 72.2 Å². The molecule has 1 heterocycles. The molecule has 3 aromatic rings. The molecule has 0 bridgehead atoms. The molecular weight excluding hydrogens is 304 g/mol. The van der Waals surface area contributed by atoms with Crippen molar-refractivity contribution in [3.05, 3.63) is 53.4 Å². The molecule has 0 aliphatic heterocycles. The summed E-state index contributed by atoms with van der Waals surface area (Å²) in [6.07, 6.45) is 0. The van der Waals surface area contributed by atoms with Crippen LogP contribution in [0.1, 0.15) is 5.56 Å². The predicted molar refractivity (Wildman–Crippen MR) is 88.2 cm³/mol. The highest BCUT2D eigenvalue weighted by Crippen LogP contribution is 2.26. The molecule has 1 aromatic heterocycles. The van der Waals surface area contributed by atoms with Crippen LogP contribution in [0.4, 0.5) is 11.4 Å². The minimum atomic E-state index is -3.61. The van der Waals surface area contributed by atoms with E-state index >= 15 is 0 Å². The molecule has 0 radical (unpaired) electrons. The second-order valence-corrected chi connectivity index (χ2v) is 7.40. The van der Waals surface area contributed by atoms with E-state index in [0.717, 1.165) is 10.1 Å². The third-order valence-corrected chi connectivity index (χ3v) is 5.63. The Morgan fingerprint density at radius 1 is 1.10 bits per heavy atom. The van der Waals surface area contributed by atoms with Gasteiger partial charge in [0.15, 0.2) is 0 Å². The monoisotopic (exact) mass is 318 g/mol. The molecule has 2 aromatic carbocycles. The average Bonchev–Trinajstić information content (AvgIpc) is 2.85. The molecule has 0 saturated heterocycles. The van der Waals surface area contributed by atoms with Gasteiger partial charge in [-0.2, -0.15) is 0 Å². The highest BCUT2D eigenvalue weighted by molar-refractivity contribution is 7.92. The molecule has 3 N–H and O–H groups in total. The summed E-state index contributed by atoms with van der Waals surface area (Å²) >= 11 is 1.62. The summed E-state index contributed by atoms with van der Waals surface area (Å²) in [5.74, 6) is 0. The van der Waals surface area contributed by atoms with Crippen LogP contribution < -0.4 is 10.5 Å². The first-order chi connectivity index (χ1) is 9.95. The van der Waals surface area contributed by atoms with Crippen molar-refractivity contribution in [1.82, 2.24) is 0 Å². The SMILES string of the molecule is Cc1cc(N)ccc1S(=O)(=O)Nc1ccc2sccc2c1. The minimum Gasteiger partial charge on any atom is -0.399 e. The molecule has 0 aliphatic rings. The van der Waals surface area contributed by atoms with Crippen molar-refractivity contribution >= 4 is 42.8 Å². The summed E-state index contributed by atoms with van der Waals surface area (Å²) in [5.41, 5.74) is 7.38. The van der Waals surface area contributed by atoms with Gasteiger partial charge in [0.2, 0.25) is 0 Å². The summed E-state index contributed by atoms with van der Waals surface area (Å²) in [5, 5.41) is 3.00. The second kappa shape index (κ2) is 5.05. The summed E-state index contributed by atoms with van der Waals surface area (Å²) < 4.78 is 28.7. The molecule has 0 spiro atoms. The minimum absolute atomic E-state index is 0.238. The molecule has 0 atom stereocenters. The first-order valence-electron chi connectivity index (χ1n) is 6.32. The first-order valence-corrected chi connectivity index (χ1v) is 8.68. The first kappa shape index (κ1) is 13.9. The molecular formula is C15H14N2O2S2. The van der Waals surface area contributed by atoms with Gasteiger partial charge < -0.3 is 5.73 Å². The maximum absolute atomic E-state index is 12.5. The number of nitrogens with one attached hydrogen (secondary N) is 1. The standard InChI is InChI=1S/C15H14N2O2S2/c1-10-8-12(16)2-5-15(10)21(18,19)17-13-3-4-14-11(9-13)6-7-20-14/h2-9,17H,16H2,1H3. The summed E-state index contributed by atoms with van der Waals surface area (Å²) in [6.45, 7) is 1.73. The van der Waals surface area contributed by atoms with E-state index in [1.165, 1.54) is 6.07 Å². The van der Waals surface area contributed by atoms with E-state index in [2.05, 4.69) is 4.72 Å². The van der Waals surface area contributed by atoms with Crippen molar-refractivity contribution < 1.29 is 8.42 Å². The lowest BCUT2D eigenvalue weighted by Gasteiger charge is -2.11. The number of nitrogens with two attached hydrogens (primary N) is 1. The lowest BCUT2D eigenvalue weighted by molar-refractivity contribution is 0.600. The molecule has 4 nitrogen and oxygen atoms in total. The van der Waals surface area contributed by atoms with E-state index in [4.69, 9.17) is 5.73 Å². The highest BCUT2D eigenvalue weighted by Gasteiger charge is 2.17. The van der Waals surface area contributed by atoms with E-state index < -0.39 is 10.0 Å². The molecule has 0 unspecified atom stereocenters. The number of aryl methyl sites for hydroxylation is 1. The smallest absolute Gasteiger partial charge is 0.262 e. The fourth-order valence-electron chi connectivity index (χ4n) is 2.21. The zero-order valence-electron chi connectivity index (χ0n) is 11.3. The third kappa shape index (κ3) is 2.72. The number of sulfonamides is 1. The van der Waals surface area contributed by atoms with Crippen LogP contribution in [-0.4, -0.2) is 8.42 Å². The van der Waals surface area contributed by atoms with Crippen molar-refractivity contribution in [2.24, 2.45) is 0 Å². The van der Waals surface area contributed by atoms with Crippen molar-refractivity contribution in [1.29, 1.82) is 0 Å². The van der Waals surface area contributed by atoms with Crippen molar-refractivity contribution in [2.45, 2.75) is 11.8 Å². The van der Waals surface area contributed by atoms with E-state index in [0.29, 0.717) is 16.9 Å². The quantitative estimate of drug-likeness (QED) is 0.725. The van der Waals surface area contributed by atoms with Crippen LogP contribution in [0.3, 0.4) is 0 Å². The molecule has 108 valence electrons. The van der Waals surface area contributed by atoms with Gasteiger partial charge in [0.05, 0.1) is 4.90 Å². The van der Waals surface area contributed by atoms with Crippen LogP contribution >= 0.6 is 11.3 Å². The van der Waals surface area contributed by atoms with Crippen molar-refractivity contribution in [3.63, 3.8) is 0 Å². The lowest BCUT2D eigenvalue weighted by Crippen LogP contribution is -2.14. The fraction of sp³-hybridized carbons (Fsp3) is 0.0667. The average molecular weight is 318 g/mol. The molecule has 0 saturated carbocycles. The van der Waals surface area contributed by atoms with Crippen LogP contribution in [0.15, 0.2) is 52.7 Å². The predicted octanol–water partition coefficient (Wildman–Crippen LogP) is 3.59. The largest absolute Gasteiger partial charge is 0.399 e. The Morgan fingerprint density at radius 3 is 2.67 bits per heavy atom. The maximum atomic E-state index is 12.5. The molecule has 6 heteroatoms. The van der Waals surface area contributed by atoms with Crippen LogP contribution in [0.2, 0.25) is 0 Å². The van der Waals surface area contributed by atoms with Gasteiger partial charge in [-0.25, -0.2) is 8.42 Å². The van der Waals surface area contributed by atoms with Gasteiger partial charge in [-0.1, -0.05) is 0 Å². The maximum Gasteiger partial charge on any atom is 0.262 e. The lowest BCUT2D eigenvalue weighted by atomic mass is 10.2. The molecule has 0 aliphatic carbocycles. The number of fused-ring (bicyclic) bond motifs is 1. The summed E-state index contributed by atoms with van der Waals surface area (Å²) in [4.78, 5) is 0.238.